The molecule has 1 aromatic heterocycles. The van der Waals surface area contributed by atoms with Crippen molar-refractivity contribution in [1.82, 2.24) is 9.88 Å². The highest BCUT2D eigenvalue weighted by Gasteiger charge is 2.44. The van der Waals surface area contributed by atoms with E-state index in [1.54, 1.807) is 25.9 Å². The van der Waals surface area contributed by atoms with E-state index in [0.717, 1.165) is 27.8 Å². The van der Waals surface area contributed by atoms with Gasteiger partial charge >= 0.3 is 0 Å². The molecule has 0 spiro atoms. The highest BCUT2D eigenvalue weighted by atomic mass is 16.5. The van der Waals surface area contributed by atoms with Crippen LogP contribution in [-0.2, 0) is 16.1 Å². The van der Waals surface area contributed by atoms with Crippen LogP contribution >= 0.6 is 0 Å². The molecule has 0 saturated carbocycles. The first-order chi connectivity index (χ1) is 14.4. The third-order valence-corrected chi connectivity index (χ3v) is 5.52. The van der Waals surface area contributed by atoms with E-state index < -0.39 is 17.7 Å². The Morgan fingerprint density at radius 1 is 1.17 bits per heavy atom. The van der Waals surface area contributed by atoms with Crippen LogP contribution in [0, 0.1) is 5.92 Å². The fourth-order valence-electron chi connectivity index (χ4n) is 3.95. The second kappa shape index (κ2) is 7.71. The summed E-state index contributed by atoms with van der Waals surface area (Å²) in [5.74, 6) is -0.851. The van der Waals surface area contributed by atoms with E-state index in [0.29, 0.717) is 0 Å². The Balaban J connectivity index is 1.81. The standard InChI is InChI=1S/C24H24N2O4/c1-14(2)22(27)20-21(18-12-25-19-7-5-4-6-17(18)19)26(24(29)23(20)28)13-15-8-10-16(30-3)11-9-15/h4-12,14,21,25,28H,13H2,1-3H3. The summed E-state index contributed by atoms with van der Waals surface area (Å²) in [6.07, 6.45) is 1.82. The van der Waals surface area contributed by atoms with Crippen molar-refractivity contribution in [3.63, 3.8) is 0 Å². The predicted molar refractivity (Wildman–Crippen MR) is 114 cm³/mol. The predicted octanol–water partition coefficient (Wildman–Crippen LogP) is 4.30. The van der Waals surface area contributed by atoms with E-state index in [4.69, 9.17) is 4.74 Å². The summed E-state index contributed by atoms with van der Waals surface area (Å²) in [7, 11) is 1.60. The quantitative estimate of drug-likeness (QED) is 0.642. The molecule has 0 aliphatic carbocycles. The number of methoxy groups -OCH3 is 1. The monoisotopic (exact) mass is 404 g/mol. The minimum atomic E-state index is -0.661. The Morgan fingerprint density at radius 3 is 2.53 bits per heavy atom. The van der Waals surface area contributed by atoms with Crippen molar-refractivity contribution in [1.29, 1.82) is 0 Å². The largest absolute Gasteiger partial charge is 0.503 e. The fraction of sp³-hybridized carbons (Fsp3) is 0.250. The van der Waals surface area contributed by atoms with Crippen LogP contribution in [-0.4, -0.2) is 33.8 Å². The number of Topliss-reactive ketones (excluding diaryl/α,β-unsaturated/α-hetero) is 1. The molecule has 3 aromatic rings. The van der Waals surface area contributed by atoms with E-state index in [2.05, 4.69) is 4.98 Å². The number of amides is 1. The third kappa shape index (κ3) is 3.24. The number of ketones is 1. The summed E-state index contributed by atoms with van der Waals surface area (Å²) >= 11 is 0. The second-order valence-corrected chi connectivity index (χ2v) is 7.75. The van der Waals surface area contributed by atoms with E-state index >= 15 is 0 Å². The summed E-state index contributed by atoms with van der Waals surface area (Å²) in [6, 6.07) is 14.5. The van der Waals surface area contributed by atoms with Crippen molar-refractivity contribution in [3.05, 3.63) is 77.2 Å². The number of rotatable bonds is 6. The summed E-state index contributed by atoms with van der Waals surface area (Å²) in [6.45, 7) is 3.79. The van der Waals surface area contributed by atoms with Gasteiger partial charge in [-0.2, -0.15) is 0 Å². The van der Waals surface area contributed by atoms with E-state index in [1.807, 2.05) is 54.7 Å². The van der Waals surface area contributed by atoms with Gasteiger partial charge in [-0.1, -0.05) is 44.2 Å². The van der Waals surface area contributed by atoms with Crippen LogP contribution in [0.4, 0.5) is 0 Å². The van der Waals surface area contributed by atoms with Crippen molar-refractivity contribution in [2.75, 3.05) is 7.11 Å². The first-order valence-electron chi connectivity index (χ1n) is 9.89. The minimum Gasteiger partial charge on any atom is -0.503 e. The zero-order valence-corrected chi connectivity index (χ0v) is 17.2. The van der Waals surface area contributed by atoms with E-state index in [9.17, 15) is 14.7 Å². The lowest BCUT2D eigenvalue weighted by atomic mass is 9.91. The van der Waals surface area contributed by atoms with Crippen LogP contribution in [0.3, 0.4) is 0 Å². The molecule has 1 amide bonds. The molecule has 2 heterocycles. The third-order valence-electron chi connectivity index (χ3n) is 5.52. The number of para-hydroxylation sites is 1. The number of fused-ring (bicyclic) bond motifs is 1. The Labute approximate surface area is 174 Å². The van der Waals surface area contributed by atoms with Gasteiger partial charge in [-0.25, -0.2) is 0 Å². The van der Waals surface area contributed by atoms with Gasteiger partial charge in [0.1, 0.15) is 5.75 Å². The van der Waals surface area contributed by atoms with Gasteiger partial charge in [0.15, 0.2) is 11.5 Å². The molecular formula is C24H24N2O4. The maximum Gasteiger partial charge on any atom is 0.290 e. The Bertz CT molecular complexity index is 1140. The average molecular weight is 404 g/mol. The van der Waals surface area contributed by atoms with Crippen molar-refractivity contribution in [2.24, 2.45) is 5.92 Å². The molecule has 2 N–H and O–H groups in total. The molecule has 0 radical (unpaired) electrons. The fourth-order valence-corrected chi connectivity index (χ4v) is 3.95. The van der Waals surface area contributed by atoms with E-state index in [1.165, 1.54) is 0 Å². The van der Waals surface area contributed by atoms with Gasteiger partial charge in [-0.15, -0.1) is 0 Å². The van der Waals surface area contributed by atoms with Crippen molar-refractivity contribution in [2.45, 2.75) is 26.4 Å². The zero-order valence-electron chi connectivity index (χ0n) is 17.2. The molecule has 6 nitrogen and oxygen atoms in total. The van der Waals surface area contributed by atoms with Crippen LogP contribution in [0.15, 0.2) is 66.1 Å². The first kappa shape index (κ1) is 19.8. The number of aliphatic hydroxyl groups excluding tert-OH is 1. The Morgan fingerprint density at radius 2 is 1.87 bits per heavy atom. The summed E-state index contributed by atoms with van der Waals surface area (Å²) < 4.78 is 5.20. The summed E-state index contributed by atoms with van der Waals surface area (Å²) in [5, 5.41) is 11.6. The number of H-pyrrole nitrogens is 1. The number of nitrogens with zero attached hydrogens (tertiary/aromatic N) is 1. The molecule has 1 atom stereocenters. The molecule has 2 aromatic carbocycles. The van der Waals surface area contributed by atoms with Crippen molar-refractivity contribution < 1.29 is 19.4 Å². The van der Waals surface area contributed by atoms with Gasteiger partial charge in [-0.3, -0.25) is 9.59 Å². The van der Waals surface area contributed by atoms with Crippen molar-refractivity contribution in [3.8, 4) is 5.75 Å². The number of ether oxygens (including phenoxy) is 1. The maximum atomic E-state index is 13.0. The molecule has 30 heavy (non-hydrogen) atoms. The van der Waals surface area contributed by atoms with Crippen LogP contribution in [0.5, 0.6) is 5.75 Å². The summed E-state index contributed by atoms with van der Waals surface area (Å²) in [4.78, 5) is 30.8. The number of aromatic amines is 1. The molecule has 4 rings (SSSR count). The average Bonchev–Trinajstić information content (AvgIpc) is 3.28. The highest BCUT2D eigenvalue weighted by Crippen LogP contribution is 2.42. The second-order valence-electron chi connectivity index (χ2n) is 7.75. The van der Waals surface area contributed by atoms with Crippen LogP contribution in [0.25, 0.3) is 10.9 Å². The number of aliphatic hydroxyl groups is 1. The van der Waals surface area contributed by atoms with Gasteiger partial charge < -0.3 is 19.7 Å². The number of nitrogens with one attached hydrogen (secondary N) is 1. The number of hydrogen-bond donors (Lipinski definition) is 2. The number of aromatic nitrogens is 1. The number of hydrogen-bond acceptors (Lipinski definition) is 4. The first-order valence-corrected chi connectivity index (χ1v) is 9.89. The zero-order chi connectivity index (χ0) is 21.4. The van der Waals surface area contributed by atoms with Gasteiger partial charge in [-0.05, 0) is 23.8 Å². The van der Waals surface area contributed by atoms with Crippen LogP contribution in [0.2, 0.25) is 0 Å². The van der Waals surface area contributed by atoms with Crippen molar-refractivity contribution >= 4 is 22.6 Å². The lowest BCUT2D eigenvalue weighted by Crippen LogP contribution is -2.31. The van der Waals surface area contributed by atoms with Crippen LogP contribution in [0.1, 0.15) is 31.0 Å². The highest BCUT2D eigenvalue weighted by molar-refractivity contribution is 6.10. The minimum absolute atomic E-state index is 0.160. The summed E-state index contributed by atoms with van der Waals surface area (Å²) in [5.41, 5.74) is 2.74. The molecule has 154 valence electrons. The van der Waals surface area contributed by atoms with Gasteiger partial charge in [0.25, 0.3) is 5.91 Å². The molecule has 0 fully saturated rings. The molecule has 0 saturated heterocycles. The molecular weight excluding hydrogens is 380 g/mol. The molecule has 6 heteroatoms. The lowest BCUT2D eigenvalue weighted by molar-refractivity contribution is -0.130. The maximum absolute atomic E-state index is 13.0. The Hall–Kier alpha value is -3.54. The number of carbonyl (C=O) groups excluding carboxylic acids is 2. The Kier molecular flexibility index (Phi) is 5.08. The smallest absolute Gasteiger partial charge is 0.290 e. The molecule has 0 bridgehead atoms. The lowest BCUT2D eigenvalue weighted by Gasteiger charge is -2.27. The molecule has 1 unspecified atom stereocenters. The van der Waals surface area contributed by atoms with Gasteiger partial charge in [0.2, 0.25) is 0 Å². The van der Waals surface area contributed by atoms with Gasteiger partial charge in [0, 0.05) is 35.1 Å². The number of carbonyl (C=O) groups is 2. The normalized spacial score (nSPS) is 16.7. The van der Waals surface area contributed by atoms with Gasteiger partial charge in [0.05, 0.1) is 18.7 Å². The molecule has 1 aliphatic rings. The van der Waals surface area contributed by atoms with E-state index in [-0.39, 0.29) is 23.8 Å². The van der Waals surface area contributed by atoms with Crippen LogP contribution < -0.4 is 4.74 Å². The topological polar surface area (TPSA) is 82.6 Å². The SMILES string of the molecule is COc1ccc(CN2C(=O)C(O)=C(C(=O)C(C)C)C2c2c[nH]c3ccccc23)cc1. The molecule has 1 aliphatic heterocycles. The number of benzene rings is 2.